The summed E-state index contributed by atoms with van der Waals surface area (Å²) in [5.74, 6) is -0.859. The Bertz CT molecular complexity index is 1250. The van der Waals surface area contributed by atoms with Gasteiger partial charge < -0.3 is 4.74 Å². The fourth-order valence-electron chi connectivity index (χ4n) is 2.52. The fraction of sp³-hybridized carbons (Fsp3) is 0.400. The second kappa shape index (κ2) is 8.58. The number of aryl methyl sites for hydroxylation is 2. The highest BCUT2D eigenvalue weighted by Crippen LogP contribution is 2.28. The molecule has 0 unspecified atom stereocenters. The van der Waals surface area contributed by atoms with Gasteiger partial charge in [-0.2, -0.15) is 23.3 Å². The number of rotatable bonds is 7. The molecule has 172 valence electrons. The Balaban J connectivity index is 1.81. The topological polar surface area (TPSA) is 160 Å². The lowest BCUT2D eigenvalue weighted by molar-refractivity contribution is -0.141. The van der Waals surface area contributed by atoms with Crippen molar-refractivity contribution in [3.05, 3.63) is 34.9 Å². The highest BCUT2D eigenvalue weighted by Gasteiger charge is 2.33. The van der Waals surface area contributed by atoms with Crippen LogP contribution in [0, 0.1) is 0 Å². The zero-order chi connectivity index (χ0) is 23.7. The van der Waals surface area contributed by atoms with Crippen LogP contribution in [0.15, 0.2) is 17.3 Å². The Kier molecular flexibility index (Phi) is 6.22. The van der Waals surface area contributed by atoms with Crippen molar-refractivity contribution < 1.29 is 31.1 Å². The number of aromatic nitrogens is 8. The number of carbonyl (C=O) groups is 1. The van der Waals surface area contributed by atoms with E-state index in [1.807, 2.05) is 0 Å². The summed E-state index contributed by atoms with van der Waals surface area (Å²) in [6.45, 7) is -0.855. The molecule has 0 aromatic carbocycles. The second-order valence-corrected chi connectivity index (χ2v) is 8.38. The summed E-state index contributed by atoms with van der Waals surface area (Å²) in [5, 5.41) is 16.4. The average Bonchev–Trinajstić information content (AvgIpc) is 3.26. The quantitative estimate of drug-likeness (QED) is 0.497. The van der Waals surface area contributed by atoms with Crippen LogP contribution >= 0.6 is 0 Å². The van der Waals surface area contributed by atoms with Gasteiger partial charge >= 0.3 is 6.18 Å². The van der Waals surface area contributed by atoms with Crippen molar-refractivity contribution in [1.82, 2.24) is 40.0 Å². The van der Waals surface area contributed by atoms with Crippen LogP contribution in [0.5, 0.6) is 0 Å². The van der Waals surface area contributed by atoms with Gasteiger partial charge in [0, 0.05) is 20.4 Å². The highest BCUT2D eigenvalue weighted by atomic mass is 32.2. The molecule has 32 heavy (non-hydrogen) atoms. The molecule has 3 aromatic heterocycles. The number of pyridine rings is 1. The molecular formula is C15H16F3N9O4S. The maximum absolute atomic E-state index is 13.1. The number of hydrogen-bond acceptors (Lipinski definition) is 10. The second-order valence-electron chi connectivity index (χ2n) is 6.47. The predicted molar refractivity (Wildman–Crippen MR) is 98.6 cm³/mol. The Morgan fingerprint density at radius 2 is 1.88 bits per heavy atom. The predicted octanol–water partition coefficient (Wildman–Crippen LogP) is 0.125. The van der Waals surface area contributed by atoms with Crippen LogP contribution in [0.2, 0.25) is 0 Å². The minimum absolute atomic E-state index is 0.0175. The average molecular weight is 475 g/mol. The summed E-state index contributed by atoms with van der Waals surface area (Å²) in [6.07, 6.45) is -3.80. The molecular weight excluding hydrogens is 459 g/mol. The van der Waals surface area contributed by atoms with Crippen LogP contribution in [0.25, 0.3) is 0 Å². The van der Waals surface area contributed by atoms with E-state index in [1.54, 1.807) is 0 Å². The van der Waals surface area contributed by atoms with Gasteiger partial charge in [-0.1, -0.05) is 5.10 Å². The number of hydrogen-bond donors (Lipinski definition) is 1. The number of halogens is 3. The van der Waals surface area contributed by atoms with Crippen molar-refractivity contribution in [2.24, 2.45) is 14.1 Å². The van der Waals surface area contributed by atoms with E-state index in [9.17, 15) is 26.4 Å². The fourth-order valence-corrected chi connectivity index (χ4v) is 3.32. The van der Waals surface area contributed by atoms with Crippen molar-refractivity contribution >= 4 is 21.7 Å². The Morgan fingerprint density at radius 1 is 1.16 bits per heavy atom. The van der Waals surface area contributed by atoms with Gasteiger partial charge in [-0.25, -0.2) is 22.8 Å². The van der Waals surface area contributed by atoms with E-state index < -0.39 is 34.2 Å². The third-order valence-electron chi connectivity index (χ3n) is 3.92. The number of ether oxygens (including phenoxy) is 1. The summed E-state index contributed by atoms with van der Waals surface area (Å²) in [5.41, 5.74) is -1.73. The van der Waals surface area contributed by atoms with E-state index in [2.05, 4.69) is 35.9 Å². The van der Waals surface area contributed by atoms with Crippen LogP contribution in [-0.2, 0) is 48.1 Å². The number of tetrazole rings is 1. The lowest BCUT2D eigenvalue weighted by atomic mass is 10.1. The number of alkyl halides is 3. The lowest BCUT2D eigenvalue weighted by Gasteiger charge is -2.12. The zero-order valence-electron chi connectivity index (χ0n) is 16.8. The van der Waals surface area contributed by atoms with Crippen molar-refractivity contribution in [3.63, 3.8) is 0 Å². The molecule has 1 amide bonds. The molecule has 0 radical (unpaired) electrons. The van der Waals surface area contributed by atoms with Gasteiger partial charge in [0.15, 0.2) is 5.82 Å². The summed E-state index contributed by atoms with van der Waals surface area (Å²) in [4.78, 5) is 19.9. The summed E-state index contributed by atoms with van der Waals surface area (Å²) in [6, 6.07) is 1.61. The molecule has 13 nitrogen and oxygen atoms in total. The molecule has 3 aromatic rings. The monoisotopic (exact) mass is 475 g/mol. The molecule has 0 aliphatic carbocycles. The Morgan fingerprint density at radius 3 is 2.44 bits per heavy atom. The Labute approximate surface area is 178 Å². The summed E-state index contributed by atoms with van der Waals surface area (Å²) < 4.78 is 70.0. The van der Waals surface area contributed by atoms with Gasteiger partial charge in [0.2, 0.25) is 20.9 Å². The van der Waals surface area contributed by atoms with Gasteiger partial charge in [0.1, 0.15) is 12.3 Å². The first kappa shape index (κ1) is 23.2. The van der Waals surface area contributed by atoms with E-state index in [0.29, 0.717) is 6.07 Å². The van der Waals surface area contributed by atoms with E-state index in [0.717, 1.165) is 21.7 Å². The molecule has 3 heterocycles. The molecule has 1 N–H and O–H groups in total. The van der Waals surface area contributed by atoms with Crippen LogP contribution in [0.1, 0.15) is 27.6 Å². The maximum Gasteiger partial charge on any atom is 0.433 e. The highest BCUT2D eigenvalue weighted by molar-refractivity contribution is 7.90. The Hall–Kier alpha value is -3.47. The van der Waals surface area contributed by atoms with Crippen LogP contribution in [0.4, 0.5) is 19.1 Å². The first-order valence-electron chi connectivity index (χ1n) is 8.65. The standard InChI is InChI=1S/C15H16F3N9O4S/c1-26-13(22-24-25-26)21-12(28)8-4-5-10(15(16,17)18)19-9(8)6-31-7-11-20-14(27(2)23-11)32(3,29)30/h4-5H,6-7H2,1-3H3,(H,21,22,25,28). The smallest absolute Gasteiger partial charge is 0.367 e. The van der Waals surface area contributed by atoms with E-state index >= 15 is 0 Å². The largest absolute Gasteiger partial charge is 0.433 e. The third kappa shape index (κ3) is 5.22. The number of nitrogens with one attached hydrogen (secondary N) is 1. The summed E-state index contributed by atoms with van der Waals surface area (Å²) >= 11 is 0. The van der Waals surface area contributed by atoms with E-state index in [4.69, 9.17) is 4.74 Å². The minimum atomic E-state index is -4.75. The van der Waals surface area contributed by atoms with Gasteiger partial charge in [-0.3, -0.25) is 10.1 Å². The minimum Gasteiger partial charge on any atom is -0.367 e. The number of nitrogens with zero attached hydrogens (tertiary/aromatic N) is 8. The van der Waals surface area contributed by atoms with Gasteiger partial charge in [0.25, 0.3) is 5.91 Å². The van der Waals surface area contributed by atoms with Gasteiger partial charge in [-0.15, -0.1) is 0 Å². The van der Waals surface area contributed by atoms with Crippen molar-refractivity contribution in [3.8, 4) is 0 Å². The van der Waals surface area contributed by atoms with Crippen LogP contribution in [0.3, 0.4) is 0 Å². The molecule has 0 aliphatic rings. The number of carbonyl (C=O) groups excluding carboxylic acids is 1. The first-order chi connectivity index (χ1) is 14.9. The molecule has 0 fully saturated rings. The zero-order valence-corrected chi connectivity index (χ0v) is 17.6. The van der Waals surface area contributed by atoms with E-state index in [1.165, 1.54) is 14.1 Å². The normalized spacial score (nSPS) is 12.2. The van der Waals surface area contributed by atoms with E-state index in [-0.39, 0.29) is 34.8 Å². The van der Waals surface area contributed by atoms with Gasteiger partial charge in [-0.05, 0) is 22.6 Å². The molecule has 0 bridgehead atoms. The lowest BCUT2D eigenvalue weighted by Crippen LogP contribution is -2.20. The third-order valence-corrected chi connectivity index (χ3v) is 4.94. The summed E-state index contributed by atoms with van der Waals surface area (Å²) in [7, 11) is -0.813. The van der Waals surface area contributed by atoms with Crippen LogP contribution < -0.4 is 5.32 Å². The van der Waals surface area contributed by atoms with Gasteiger partial charge in [0.05, 0.1) is 17.9 Å². The number of amides is 1. The van der Waals surface area contributed by atoms with Crippen molar-refractivity contribution in [2.45, 2.75) is 24.5 Å². The molecule has 3 rings (SSSR count). The molecule has 0 atom stereocenters. The molecule has 0 saturated carbocycles. The number of anilines is 1. The number of sulfone groups is 1. The molecule has 17 heteroatoms. The molecule has 0 saturated heterocycles. The SMILES string of the molecule is Cn1nnnc1NC(=O)c1ccc(C(F)(F)F)nc1COCc1nc(S(C)(=O)=O)n(C)n1. The van der Waals surface area contributed by atoms with Crippen molar-refractivity contribution in [1.29, 1.82) is 0 Å². The maximum atomic E-state index is 13.1. The first-order valence-corrected chi connectivity index (χ1v) is 10.5. The van der Waals surface area contributed by atoms with Crippen molar-refractivity contribution in [2.75, 3.05) is 11.6 Å². The van der Waals surface area contributed by atoms with Crippen LogP contribution in [-0.4, -0.2) is 60.5 Å². The molecule has 0 aliphatic heterocycles. The molecule has 0 spiro atoms.